The topological polar surface area (TPSA) is 26.0 Å². The summed E-state index contributed by atoms with van der Waals surface area (Å²) in [6.45, 7) is 6.91. The lowest BCUT2D eigenvalue weighted by molar-refractivity contribution is 0.298. The molecule has 0 bridgehead atoms. The second-order valence-corrected chi connectivity index (χ2v) is 5.52. The Labute approximate surface area is 82.1 Å². The van der Waals surface area contributed by atoms with E-state index in [-0.39, 0.29) is 0 Å². The summed E-state index contributed by atoms with van der Waals surface area (Å²) in [5.41, 5.74) is 6.31. The Balaban J connectivity index is 1.88. The van der Waals surface area contributed by atoms with Gasteiger partial charge in [-0.25, -0.2) is 0 Å². The van der Waals surface area contributed by atoms with Crippen LogP contribution >= 0.6 is 0 Å². The quantitative estimate of drug-likeness (QED) is 0.711. The van der Waals surface area contributed by atoms with Crippen LogP contribution in [-0.4, -0.2) is 6.04 Å². The molecule has 0 aromatic rings. The minimum Gasteiger partial charge on any atom is -0.327 e. The first-order valence-electron chi connectivity index (χ1n) is 5.88. The van der Waals surface area contributed by atoms with Crippen LogP contribution in [0.4, 0.5) is 0 Å². The summed E-state index contributed by atoms with van der Waals surface area (Å²) in [6, 6.07) is 0.482. The highest BCUT2D eigenvalue weighted by Crippen LogP contribution is 2.59. The molecule has 1 nitrogen and oxygen atoms in total. The Kier molecular flexibility index (Phi) is 2.39. The predicted octanol–water partition coefficient (Wildman–Crippen LogP) is 2.65. The Morgan fingerprint density at radius 3 is 2.08 bits per heavy atom. The Morgan fingerprint density at radius 1 is 1.08 bits per heavy atom. The number of rotatable bonds is 3. The predicted molar refractivity (Wildman–Crippen MR) is 56.3 cm³/mol. The van der Waals surface area contributed by atoms with E-state index in [1.807, 2.05) is 0 Å². The highest BCUT2D eigenvalue weighted by molar-refractivity contribution is 5.06. The normalized spacial score (nSPS) is 41.8. The Morgan fingerprint density at radius 2 is 1.62 bits per heavy atom. The van der Waals surface area contributed by atoms with E-state index in [1.54, 1.807) is 0 Å². The minimum absolute atomic E-state index is 0.482. The van der Waals surface area contributed by atoms with Crippen molar-refractivity contribution in [3.8, 4) is 0 Å². The van der Waals surface area contributed by atoms with Gasteiger partial charge in [-0.1, -0.05) is 27.2 Å². The number of hydrogen-bond acceptors (Lipinski definition) is 1. The lowest BCUT2D eigenvalue weighted by atomic mass is 9.86. The molecule has 1 heteroatoms. The van der Waals surface area contributed by atoms with Crippen molar-refractivity contribution in [3.05, 3.63) is 0 Å². The summed E-state index contributed by atoms with van der Waals surface area (Å²) >= 11 is 0. The maximum Gasteiger partial charge on any atom is 0.0101 e. The van der Waals surface area contributed by atoms with Crippen LogP contribution in [0.2, 0.25) is 0 Å². The van der Waals surface area contributed by atoms with Crippen molar-refractivity contribution in [2.24, 2.45) is 35.3 Å². The molecular formula is C12H23N. The van der Waals surface area contributed by atoms with Crippen LogP contribution in [0.1, 0.15) is 40.0 Å². The average Bonchev–Trinajstić information content (AvgIpc) is 2.56. The van der Waals surface area contributed by atoms with Gasteiger partial charge in [-0.05, 0) is 42.4 Å². The van der Waals surface area contributed by atoms with Gasteiger partial charge < -0.3 is 5.73 Å². The van der Waals surface area contributed by atoms with Crippen LogP contribution in [0.25, 0.3) is 0 Å². The first kappa shape index (κ1) is 9.51. The van der Waals surface area contributed by atoms with E-state index in [4.69, 9.17) is 5.73 Å². The number of nitrogens with two attached hydrogens (primary N) is 1. The number of hydrogen-bond donors (Lipinski definition) is 1. The minimum atomic E-state index is 0.482. The Hall–Kier alpha value is -0.0400. The van der Waals surface area contributed by atoms with Crippen molar-refractivity contribution in [3.63, 3.8) is 0 Å². The van der Waals surface area contributed by atoms with Crippen molar-refractivity contribution in [1.29, 1.82) is 0 Å². The second kappa shape index (κ2) is 3.27. The second-order valence-electron chi connectivity index (χ2n) is 5.52. The molecule has 2 aliphatic rings. The van der Waals surface area contributed by atoms with Gasteiger partial charge in [0.25, 0.3) is 0 Å². The molecule has 76 valence electrons. The number of fused-ring (bicyclic) bond motifs is 1. The van der Waals surface area contributed by atoms with E-state index < -0.39 is 0 Å². The van der Waals surface area contributed by atoms with Crippen molar-refractivity contribution < 1.29 is 0 Å². The van der Waals surface area contributed by atoms with Crippen molar-refractivity contribution >= 4 is 0 Å². The first-order valence-corrected chi connectivity index (χ1v) is 5.88. The molecular weight excluding hydrogens is 158 g/mol. The van der Waals surface area contributed by atoms with E-state index in [9.17, 15) is 0 Å². The van der Waals surface area contributed by atoms with Gasteiger partial charge in [-0.3, -0.25) is 0 Å². The third-order valence-corrected chi connectivity index (χ3v) is 4.58. The summed E-state index contributed by atoms with van der Waals surface area (Å²) in [7, 11) is 0. The standard InChI is InChI=1S/C12H23N/c1-7(2)8(3)12(13)11-9-5-4-6-10(9)11/h7-12H,4-6,13H2,1-3H3. The van der Waals surface area contributed by atoms with Crippen LogP contribution in [0, 0.1) is 29.6 Å². The molecule has 2 N–H and O–H groups in total. The molecule has 0 amide bonds. The van der Waals surface area contributed by atoms with Crippen LogP contribution in [0.5, 0.6) is 0 Å². The fourth-order valence-electron chi connectivity index (χ4n) is 3.24. The van der Waals surface area contributed by atoms with Crippen LogP contribution < -0.4 is 5.73 Å². The molecule has 2 saturated carbocycles. The van der Waals surface area contributed by atoms with Crippen molar-refractivity contribution in [1.82, 2.24) is 0 Å². The molecule has 0 spiro atoms. The fraction of sp³-hybridized carbons (Fsp3) is 1.00. The van der Waals surface area contributed by atoms with Gasteiger partial charge in [0.05, 0.1) is 0 Å². The smallest absolute Gasteiger partial charge is 0.0101 e. The molecule has 0 radical (unpaired) electrons. The zero-order valence-electron chi connectivity index (χ0n) is 9.16. The van der Waals surface area contributed by atoms with E-state index in [2.05, 4.69) is 20.8 Å². The first-order chi connectivity index (χ1) is 6.13. The van der Waals surface area contributed by atoms with Gasteiger partial charge >= 0.3 is 0 Å². The zero-order valence-corrected chi connectivity index (χ0v) is 9.16. The molecule has 2 aliphatic carbocycles. The van der Waals surface area contributed by atoms with Crippen molar-refractivity contribution in [2.45, 2.75) is 46.1 Å². The van der Waals surface area contributed by atoms with Crippen LogP contribution in [-0.2, 0) is 0 Å². The molecule has 0 aromatic heterocycles. The van der Waals surface area contributed by atoms with Gasteiger partial charge in [0.2, 0.25) is 0 Å². The van der Waals surface area contributed by atoms with Gasteiger partial charge in [0.1, 0.15) is 0 Å². The van der Waals surface area contributed by atoms with E-state index in [0.717, 1.165) is 23.7 Å². The summed E-state index contributed by atoms with van der Waals surface area (Å²) in [5, 5.41) is 0. The maximum absolute atomic E-state index is 6.31. The molecule has 0 aromatic carbocycles. The molecule has 4 unspecified atom stereocenters. The molecule has 2 rings (SSSR count). The van der Waals surface area contributed by atoms with Gasteiger partial charge in [-0.15, -0.1) is 0 Å². The highest BCUT2D eigenvalue weighted by atomic mass is 14.8. The molecule has 0 heterocycles. The third kappa shape index (κ3) is 1.52. The SMILES string of the molecule is CC(C)C(C)C(N)C1C2CCCC21. The lowest BCUT2D eigenvalue weighted by Crippen LogP contribution is -2.35. The van der Waals surface area contributed by atoms with E-state index in [1.165, 1.54) is 19.3 Å². The van der Waals surface area contributed by atoms with E-state index in [0.29, 0.717) is 12.0 Å². The van der Waals surface area contributed by atoms with Gasteiger partial charge in [0.15, 0.2) is 0 Å². The summed E-state index contributed by atoms with van der Waals surface area (Å²) in [6.07, 6.45) is 4.40. The molecule has 4 atom stereocenters. The van der Waals surface area contributed by atoms with Crippen LogP contribution in [0.15, 0.2) is 0 Å². The lowest BCUT2D eigenvalue weighted by Gasteiger charge is -2.24. The maximum atomic E-state index is 6.31. The highest BCUT2D eigenvalue weighted by Gasteiger charge is 2.55. The summed E-state index contributed by atoms with van der Waals surface area (Å²) in [4.78, 5) is 0. The van der Waals surface area contributed by atoms with Crippen molar-refractivity contribution in [2.75, 3.05) is 0 Å². The Bertz CT molecular complexity index is 178. The third-order valence-electron chi connectivity index (χ3n) is 4.58. The van der Waals surface area contributed by atoms with Crippen LogP contribution in [0.3, 0.4) is 0 Å². The molecule has 0 saturated heterocycles. The monoisotopic (exact) mass is 181 g/mol. The molecule has 13 heavy (non-hydrogen) atoms. The summed E-state index contributed by atoms with van der Waals surface area (Å²) < 4.78 is 0. The van der Waals surface area contributed by atoms with Gasteiger partial charge in [0, 0.05) is 6.04 Å². The summed E-state index contributed by atoms with van der Waals surface area (Å²) in [5.74, 6) is 4.39. The zero-order chi connectivity index (χ0) is 9.59. The molecule has 2 fully saturated rings. The average molecular weight is 181 g/mol. The largest absolute Gasteiger partial charge is 0.327 e. The van der Waals surface area contributed by atoms with E-state index >= 15 is 0 Å². The van der Waals surface area contributed by atoms with Gasteiger partial charge in [-0.2, -0.15) is 0 Å². The fourth-order valence-corrected chi connectivity index (χ4v) is 3.24. The molecule has 0 aliphatic heterocycles.